The number of carbonyl (C=O) groups excluding carboxylic acids is 1. The lowest BCUT2D eigenvalue weighted by molar-refractivity contribution is -0.889. The van der Waals surface area contributed by atoms with Crippen molar-refractivity contribution in [1.29, 1.82) is 0 Å². The molecule has 0 aliphatic rings. The second-order valence-electron chi connectivity index (χ2n) is 6.16. The van der Waals surface area contributed by atoms with E-state index in [1.165, 1.54) is 0 Å². The summed E-state index contributed by atoms with van der Waals surface area (Å²) in [6.45, 7) is 7.33. The second-order valence-corrected chi connectivity index (χ2v) is 9.85. The molecule has 0 aromatic heterocycles. The number of amides is 1. The fraction of sp³-hybridized carbons (Fsp3) is 0.929. The van der Waals surface area contributed by atoms with Gasteiger partial charge in [0.1, 0.15) is 0 Å². The summed E-state index contributed by atoms with van der Waals surface area (Å²) in [5.74, 6) is -0.256. The van der Waals surface area contributed by atoms with E-state index < -0.39 is 21.5 Å². The molecule has 26 heavy (non-hydrogen) atoms. The zero-order chi connectivity index (χ0) is 20.9. The van der Waals surface area contributed by atoms with Crippen molar-refractivity contribution in [2.24, 2.45) is 5.73 Å². The van der Waals surface area contributed by atoms with E-state index in [4.69, 9.17) is 10.6 Å². The highest BCUT2D eigenvalue weighted by atomic mass is 31.2. The first kappa shape index (κ1) is 27.9. The summed E-state index contributed by atoms with van der Waals surface area (Å²) in [5, 5.41) is 2.37. The lowest BCUT2D eigenvalue weighted by Crippen LogP contribution is -2.43. The van der Waals surface area contributed by atoms with Gasteiger partial charge in [0.25, 0.3) is 0 Å². The van der Waals surface area contributed by atoms with Gasteiger partial charge in [0, 0.05) is 0 Å². The van der Waals surface area contributed by atoms with Gasteiger partial charge in [-0.15, -0.1) is 0 Å². The molecule has 0 aromatic rings. The zero-order valence-electron chi connectivity index (χ0n) is 16.5. The Morgan fingerprint density at radius 3 is 2.08 bits per heavy atom. The summed E-state index contributed by atoms with van der Waals surface area (Å²) >= 11 is 0. The Morgan fingerprint density at radius 1 is 1.15 bits per heavy atom. The molecular weight excluding hydrogens is 384 g/mol. The SMILES string of the molecule is CCC[N+](C)(C)CCC(=O)NCP(=O)([O-])OCC.CCOP(=O)(O)CN. The summed E-state index contributed by atoms with van der Waals surface area (Å²) in [7, 11) is -3.20. The molecule has 0 bridgehead atoms. The Hall–Kier alpha value is -0.310. The molecule has 0 aliphatic carbocycles. The molecule has 10 nitrogen and oxygen atoms in total. The van der Waals surface area contributed by atoms with Crippen molar-refractivity contribution in [2.45, 2.75) is 33.6 Å². The molecule has 0 aliphatic heterocycles. The van der Waals surface area contributed by atoms with Crippen LogP contribution in [0.4, 0.5) is 0 Å². The number of rotatable bonds is 12. The summed E-state index contributed by atoms with van der Waals surface area (Å²) in [6.07, 6.45) is 0.634. The number of nitrogens with one attached hydrogen (secondary N) is 1. The number of quaternary nitrogens is 1. The molecule has 0 fully saturated rings. The van der Waals surface area contributed by atoms with Crippen LogP contribution in [0.3, 0.4) is 0 Å². The maximum Gasteiger partial charge on any atom is 0.341 e. The average Bonchev–Trinajstić information content (AvgIpc) is 2.52. The van der Waals surface area contributed by atoms with Crippen LogP contribution in [0.15, 0.2) is 0 Å². The van der Waals surface area contributed by atoms with Crippen molar-refractivity contribution in [3.8, 4) is 0 Å². The van der Waals surface area contributed by atoms with Crippen LogP contribution in [-0.4, -0.2) is 68.3 Å². The van der Waals surface area contributed by atoms with Gasteiger partial charge in [0.15, 0.2) is 7.60 Å². The normalized spacial score (nSPS) is 16.0. The van der Waals surface area contributed by atoms with Gasteiger partial charge >= 0.3 is 7.60 Å². The van der Waals surface area contributed by atoms with Gasteiger partial charge in [-0.05, 0) is 20.3 Å². The van der Waals surface area contributed by atoms with Crippen molar-refractivity contribution in [1.82, 2.24) is 5.32 Å². The minimum atomic E-state index is -3.91. The third-order valence-electron chi connectivity index (χ3n) is 3.13. The molecule has 0 radical (unpaired) electrons. The molecule has 2 unspecified atom stereocenters. The molecule has 1 amide bonds. The van der Waals surface area contributed by atoms with Crippen LogP contribution >= 0.6 is 15.2 Å². The van der Waals surface area contributed by atoms with Crippen molar-refractivity contribution in [3.63, 3.8) is 0 Å². The summed E-state index contributed by atoms with van der Waals surface area (Å²) in [4.78, 5) is 31.3. The van der Waals surface area contributed by atoms with E-state index in [2.05, 4.69) is 35.4 Å². The molecule has 158 valence electrons. The van der Waals surface area contributed by atoms with E-state index in [1.807, 2.05) is 0 Å². The van der Waals surface area contributed by atoms with E-state index in [0.717, 1.165) is 17.4 Å². The minimum absolute atomic E-state index is 0.0943. The van der Waals surface area contributed by atoms with Crippen molar-refractivity contribution in [3.05, 3.63) is 0 Å². The Morgan fingerprint density at radius 2 is 1.69 bits per heavy atom. The second kappa shape index (κ2) is 13.8. The number of hydrogen-bond donors (Lipinski definition) is 3. The predicted molar refractivity (Wildman–Crippen MR) is 99.5 cm³/mol. The van der Waals surface area contributed by atoms with Gasteiger partial charge in [-0.1, -0.05) is 6.92 Å². The number of hydrogen-bond acceptors (Lipinski definition) is 7. The minimum Gasteiger partial charge on any atom is -0.777 e. The van der Waals surface area contributed by atoms with E-state index in [1.54, 1.807) is 13.8 Å². The summed E-state index contributed by atoms with van der Waals surface area (Å²) < 4.78 is 31.3. The first-order valence-corrected chi connectivity index (χ1v) is 12.0. The van der Waals surface area contributed by atoms with Gasteiger partial charge in [0.2, 0.25) is 5.91 Å². The van der Waals surface area contributed by atoms with Crippen molar-refractivity contribution >= 4 is 21.1 Å². The molecule has 0 saturated heterocycles. The van der Waals surface area contributed by atoms with E-state index in [9.17, 15) is 18.8 Å². The standard InChI is InChI=1S/C11H25N2O4P.C3H10NO3P/c1-5-8-13(3,4)9-7-11(14)12-10-18(15,16)17-6-2;1-2-7-8(5,6)3-4/h5-10H2,1-4H3,(H-,12,14,15,16);2-4H2,1H3,(H,5,6). The Balaban J connectivity index is 0. The lowest BCUT2D eigenvalue weighted by atomic mass is 10.3. The topological polar surface area (TPSA) is 151 Å². The average molecular weight is 419 g/mol. The third kappa shape index (κ3) is 17.1. The maximum atomic E-state index is 11.5. The number of carbonyl (C=O) groups is 1. The van der Waals surface area contributed by atoms with Crippen molar-refractivity contribution in [2.75, 3.05) is 53.0 Å². The Bertz CT molecular complexity index is 489. The molecule has 0 saturated carbocycles. The first-order valence-electron chi connectivity index (χ1n) is 8.54. The zero-order valence-corrected chi connectivity index (χ0v) is 18.3. The molecule has 4 N–H and O–H groups in total. The van der Waals surface area contributed by atoms with Gasteiger partial charge in [-0.2, -0.15) is 0 Å². The monoisotopic (exact) mass is 419 g/mol. The van der Waals surface area contributed by atoms with Gasteiger partial charge in [-0.25, -0.2) is 0 Å². The molecule has 0 aromatic carbocycles. The quantitative estimate of drug-likeness (QED) is 0.308. The van der Waals surface area contributed by atoms with Crippen LogP contribution in [0.5, 0.6) is 0 Å². The highest BCUT2D eigenvalue weighted by Gasteiger charge is 2.17. The molecule has 0 rings (SSSR count). The van der Waals surface area contributed by atoms with Crippen LogP contribution in [0, 0.1) is 0 Å². The molecule has 2 atom stereocenters. The van der Waals surface area contributed by atoms with Crippen LogP contribution < -0.4 is 15.9 Å². The number of nitrogens with zero attached hydrogens (tertiary/aromatic N) is 1. The predicted octanol–water partition coefficient (Wildman–Crippen LogP) is 0.651. The van der Waals surface area contributed by atoms with E-state index in [0.29, 0.717) is 13.0 Å². The smallest absolute Gasteiger partial charge is 0.341 e. The molecule has 0 heterocycles. The highest BCUT2D eigenvalue weighted by molar-refractivity contribution is 7.52. The lowest BCUT2D eigenvalue weighted by Gasteiger charge is -2.29. The largest absolute Gasteiger partial charge is 0.777 e. The fourth-order valence-electron chi connectivity index (χ4n) is 1.89. The van der Waals surface area contributed by atoms with Gasteiger partial charge in [0.05, 0.1) is 59.4 Å². The van der Waals surface area contributed by atoms with Crippen LogP contribution in [-0.2, 0) is 23.0 Å². The van der Waals surface area contributed by atoms with Crippen LogP contribution in [0.1, 0.15) is 33.6 Å². The van der Waals surface area contributed by atoms with Crippen LogP contribution in [0.25, 0.3) is 0 Å². The number of nitrogens with two attached hydrogens (primary N) is 1. The maximum absolute atomic E-state index is 11.5. The Kier molecular flexibility index (Phi) is 14.8. The summed E-state index contributed by atoms with van der Waals surface area (Å²) in [5.41, 5.74) is 4.85. The van der Waals surface area contributed by atoms with Crippen molar-refractivity contribution < 1.29 is 37.2 Å². The van der Waals surface area contributed by atoms with Crippen LogP contribution in [0.2, 0.25) is 0 Å². The third-order valence-corrected chi connectivity index (χ3v) is 5.45. The van der Waals surface area contributed by atoms with Gasteiger partial charge < -0.3 is 38.9 Å². The molecule has 0 spiro atoms. The van der Waals surface area contributed by atoms with E-state index >= 15 is 0 Å². The highest BCUT2D eigenvalue weighted by Crippen LogP contribution is 2.38. The fourth-order valence-corrected chi connectivity index (χ4v) is 3.26. The van der Waals surface area contributed by atoms with Gasteiger partial charge in [-0.3, -0.25) is 9.36 Å². The van der Waals surface area contributed by atoms with E-state index in [-0.39, 0.29) is 25.4 Å². The first-order chi connectivity index (χ1) is 11.8. The summed E-state index contributed by atoms with van der Waals surface area (Å²) in [6, 6.07) is 0. The molecular formula is C14H35N3O7P2. The molecule has 12 heteroatoms. The Labute approximate surface area is 156 Å².